The van der Waals surface area contributed by atoms with Gasteiger partial charge in [0.25, 0.3) is 0 Å². The lowest BCUT2D eigenvalue weighted by atomic mass is 10.1. The molecule has 0 spiro atoms. The van der Waals surface area contributed by atoms with Gasteiger partial charge >= 0.3 is 0 Å². The largest absolute Gasteiger partial charge is 0.496 e. The maximum Gasteiger partial charge on any atom is 0.123 e. The first-order valence-electron chi connectivity index (χ1n) is 3.43. The molecular weight excluding hydrogens is 174 g/mol. The predicted octanol–water partition coefficient (Wildman–Crippen LogP) is 2.53. The molecule has 0 aliphatic heterocycles. The summed E-state index contributed by atoms with van der Waals surface area (Å²) in [4.78, 5) is 0. The van der Waals surface area contributed by atoms with Crippen molar-refractivity contribution in [3.8, 4) is 11.8 Å². The second-order valence-electron chi connectivity index (χ2n) is 2.41. The van der Waals surface area contributed by atoms with Crippen LogP contribution in [-0.2, 0) is 0 Å². The number of halogens is 1. The molecule has 0 heterocycles. The highest BCUT2D eigenvalue weighted by atomic mass is 35.5. The van der Waals surface area contributed by atoms with Crippen LogP contribution in [-0.4, -0.2) is 7.11 Å². The van der Waals surface area contributed by atoms with Crippen LogP contribution in [0, 0.1) is 18.3 Å². The van der Waals surface area contributed by atoms with Gasteiger partial charge in [0.05, 0.1) is 17.7 Å². The third-order valence-electron chi connectivity index (χ3n) is 1.60. The Balaban J connectivity index is 3.28. The van der Waals surface area contributed by atoms with Crippen LogP contribution >= 0.6 is 11.6 Å². The van der Waals surface area contributed by atoms with Gasteiger partial charge in [-0.1, -0.05) is 11.6 Å². The fourth-order valence-corrected chi connectivity index (χ4v) is 1.16. The molecule has 1 aromatic rings. The standard InChI is InChI=1S/C9H8ClNO/c1-6-3-7(5-11)8(10)4-9(6)12-2/h3-4H,1-2H3. The molecule has 0 aromatic heterocycles. The number of methoxy groups -OCH3 is 1. The minimum atomic E-state index is 0.431. The molecule has 0 radical (unpaired) electrons. The van der Waals surface area contributed by atoms with Gasteiger partial charge in [-0.15, -0.1) is 0 Å². The van der Waals surface area contributed by atoms with Crippen molar-refractivity contribution >= 4 is 11.6 Å². The van der Waals surface area contributed by atoms with Crippen LogP contribution in [0.2, 0.25) is 5.02 Å². The lowest BCUT2D eigenvalue weighted by molar-refractivity contribution is 0.411. The topological polar surface area (TPSA) is 33.0 Å². The van der Waals surface area contributed by atoms with Crippen LogP contribution in [0.15, 0.2) is 12.1 Å². The van der Waals surface area contributed by atoms with Crippen LogP contribution in [0.1, 0.15) is 11.1 Å². The number of ether oxygens (including phenoxy) is 1. The first-order chi connectivity index (χ1) is 5.69. The molecule has 0 N–H and O–H groups in total. The number of hydrogen-bond acceptors (Lipinski definition) is 2. The van der Waals surface area contributed by atoms with Gasteiger partial charge in [-0.3, -0.25) is 0 Å². The van der Waals surface area contributed by atoms with E-state index in [2.05, 4.69) is 0 Å². The lowest BCUT2D eigenvalue weighted by Crippen LogP contribution is -1.88. The van der Waals surface area contributed by atoms with E-state index in [1.807, 2.05) is 13.0 Å². The smallest absolute Gasteiger partial charge is 0.123 e. The fraction of sp³-hybridized carbons (Fsp3) is 0.222. The maximum absolute atomic E-state index is 8.63. The number of hydrogen-bond donors (Lipinski definition) is 0. The molecule has 0 bridgehead atoms. The van der Waals surface area contributed by atoms with Crippen molar-refractivity contribution in [2.45, 2.75) is 6.92 Å². The summed E-state index contributed by atoms with van der Waals surface area (Å²) in [6, 6.07) is 5.36. The molecule has 1 rings (SSSR count). The Kier molecular flexibility index (Phi) is 2.57. The molecular formula is C9H8ClNO. The van der Waals surface area contributed by atoms with Crippen molar-refractivity contribution in [2.24, 2.45) is 0 Å². The molecule has 12 heavy (non-hydrogen) atoms. The van der Waals surface area contributed by atoms with Crippen LogP contribution < -0.4 is 4.74 Å². The summed E-state index contributed by atoms with van der Waals surface area (Å²) >= 11 is 5.78. The van der Waals surface area contributed by atoms with E-state index in [4.69, 9.17) is 21.6 Å². The summed E-state index contributed by atoms with van der Waals surface area (Å²) in [5.74, 6) is 0.707. The van der Waals surface area contributed by atoms with Gasteiger partial charge in [0.2, 0.25) is 0 Å². The molecule has 0 aliphatic carbocycles. The molecule has 0 unspecified atom stereocenters. The average molecular weight is 182 g/mol. The van der Waals surface area contributed by atoms with Gasteiger partial charge in [0.1, 0.15) is 11.8 Å². The minimum absolute atomic E-state index is 0.431. The number of nitriles is 1. The zero-order chi connectivity index (χ0) is 9.14. The predicted molar refractivity (Wildman–Crippen MR) is 47.5 cm³/mol. The van der Waals surface area contributed by atoms with Crippen molar-refractivity contribution in [2.75, 3.05) is 7.11 Å². The third kappa shape index (κ3) is 1.51. The van der Waals surface area contributed by atoms with Gasteiger partial charge < -0.3 is 4.74 Å². The summed E-state index contributed by atoms with van der Waals surface area (Å²) in [7, 11) is 1.57. The van der Waals surface area contributed by atoms with E-state index < -0.39 is 0 Å². The van der Waals surface area contributed by atoms with Gasteiger partial charge in [0, 0.05) is 6.07 Å². The van der Waals surface area contributed by atoms with E-state index in [1.165, 1.54) is 0 Å². The monoisotopic (exact) mass is 181 g/mol. The Morgan fingerprint density at radius 2 is 2.17 bits per heavy atom. The Morgan fingerprint density at radius 3 is 2.67 bits per heavy atom. The van der Waals surface area contributed by atoms with E-state index in [9.17, 15) is 0 Å². The van der Waals surface area contributed by atoms with Crippen molar-refractivity contribution in [1.82, 2.24) is 0 Å². The molecule has 0 saturated heterocycles. The Morgan fingerprint density at radius 1 is 1.50 bits per heavy atom. The Bertz CT molecular complexity index is 340. The van der Waals surface area contributed by atoms with Crippen LogP contribution in [0.5, 0.6) is 5.75 Å². The summed E-state index contributed by atoms with van der Waals surface area (Å²) in [6.45, 7) is 1.87. The molecule has 0 aliphatic rings. The van der Waals surface area contributed by atoms with Crippen molar-refractivity contribution in [3.63, 3.8) is 0 Å². The second-order valence-corrected chi connectivity index (χ2v) is 2.82. The van der Waals surface area contributed by atoms with Gasteiger partial charge in [-0.25, -0.2) is 0 Å². The van der Waals surface area contributed by atoms with Crippen molar-refractivity contribution in [3.05, 3.63) is 28.3 Å². The van der Waals surface area contributed by atoms with E-state index in [1.54, 1.807) is 19.2 Å². The zero-order valence-corrected chi connectivity index (χ0v) is 7.64. The maximum atomic E-state index is 8.63. The minimum Gasteiger partial charge on any atom is -0.496 e. The number of nitrogens with zero attached hydrogens (tertiary/aromatic N) is 1. The van der Waals surface area contributed by atoms with Gasteiger partial charge in [0.15, 0.2) is 0 Å². The molecule has 2 nitrogen and oxygen atoms in total. The van der Waals surface area contributed by atoms with Crippen LogP contribution in [0.3, 0.4) is 0 Å². The van der Waals surface area contributed by atoms with Crippen LogP contribution in [0.25, 0.3) is 0 Å². The van der Waals surface area contributed by atoms with E-state index in [0.717, 1.165) is 5.56 Å². The molecule has 3 heteroatoms. The Labute approximate surface area is 76.3 Å². The van der Waals surface area contributed by atoms with E-state index >= 15 is 0 Å². The average Bonchev–Trinajstić information content (AvgIpc) is 2.08. The molecule has 0 atom stereocenters. The highest BCUT2D eigenvalue weighted by Crippen LogP contribution is 2.25. The van der Waals surface area contributed by atoms with E-state index in [-0.39, 0.29) is 0 Å². The summed E-state index contributed by atoms with van der Waals surface area (Å²) < 4.78 is 5.03. The van der Waals surface area contributed by atoms with Crippen molar-refractivity contribution < 1.29 is 4.74 Å². The molecule has 62 valence electrons. The summed E-state index contributed by atoms with van der Waals surface area (Å²) in [5, 5.41) is 9.06. The molecule has 1 aromatic carbocycles. The highest BCUT2D eigenvalue weighted by Gasteiger charge is 2.04. The first kappa shape index (κ1) is 8.89. The first-order valence-corrected chi connectivity index (χ1v) is 3.81. The third-order valence-corrected chi connectivity index (χ3v) is 1.92. The molecule has 0 fully saturated rings. The summed E-state index contributed by atoms with van der Waals surface area (Å²) in [5.41, 5.74) is 1.40. The Hall–Kier alpha value is -1.20. The fourth-order valence-electron chi connectivity index (χ4n) is 0.969. The second kappa shape index (κ2) is 3.46. The zero-order valence-electron chi connectivity index (χ0n) is 6.89. The normalized spacial score (nSPS) is 9.17. The van der Waals surface area contributed by atoms with Crippen LogP contribution in [0.4, 0.5) is 0 Å². The molecule has 0 saturated carbocycles. The lowest BCUT2D eigenvalue weighted by Gasteiger charge is -2.05. The number of benzene rings is 1. The number of rotatable bonds is 1. The molecule has 0 amide bonds. The van der Waals surface area contributed by atoms with Gasteiger partial charge in [-0.05, 0) is 18.6 Å². The SMILES string of the molecule is COc1cc(Cl)c(C#N)cc1C. The quantitative estimate of drug-likeness (QED) is 0.667. The highest BCUT2D eigenvalue weighted by molar-refractivity contribution is 6.31. The van der Waals surface area contributed by atoms with Gasteiger partial charge in [-0.2, -0.15) is 5.26 Å². The number of aryl methyl sites for hydroxylation is 1. The van der Waals surface area contributed by atoms with E-state index in [0.29, 0.717) is 16.3 Å². The van der Waals surface area contributed by atoms with Crippen molar-refractivity contribution in [1.29, 1.82) is 5.26 Å². The summed E-state index contributed by atoms with van der Waals surface area (Å²) in [6.07, 6.45) is 0.